The van der Waals surface area contributed by atoms with Crippen molar-refractivity contribution in [2.24, 2.45) is 5.92 Å². The van der Waals surface area contributed by atoms with Crippen LogP contribution in [-0.4, -0.2) is 33.2 Å². The second-order valence-electron chi connectivity index (χ2n) is 7.58. The van der Waals surface area contributed by atoms with E-state index in [1.807, 2.05) is 0 Å². The molecule has 0 radical (unpaired) electrons. The first kappa shape index (κ1) is 26.3. The van der Waals surface area contributed by atoms with Gasteiger partial charge >= 0.3 is 5.97 Å². The number of halogens is 2. The maximum atomic E-state index is 12.7. The number of amides is 1. The van der Waals surface area contributed by atoms with Crippen LogP contribution in [0.15, 0.2) is 39.3 Å². The third-order valence-electron chi connectivity index (χ3n) is 4.67. The van der Waals surface area contributed by atoms with Crippen LogP contribution in [0.1, 0.15) is 43.1 Å². The van der Waals surface area contributed by atoms with Gasteiger partial charge in [-0.25, -0.2) is 0 Å². The highest BCUT2D eigenvalue weighted by Crippen LogP contribution is 2.42. The summed E-state index contributed by atoms with van der Waals surface area (Å²) in [5, 5.41) is 30.5. The number of carboxylic acids is 1. The summed E-state index contributed by atoms with van der Waals surface area (Å²) in [6, 6.07) is 6.58. The van der Waals surface area contributed by atoms with Gasteiger partial charge in [0.2, 0.25) is 0 Å². The summed E-state index contributed by atoms with van der Waals surface area (Å²) in [7, 11) is -0.467. The molecule has 0 bridgehead atoms. The van der Waals surface area contributed by atoms with Crippen molar-refractivity contribution in [2.75, 3.05) is 0 Å². The summed E-state index contributed by atoms with van der Waals surface area (Å²) in [6.45, 7) is 4.97. The van der Waals surface area contributed by atoms with Crippen LogP contribution >= 0.6 is 40.3 Å². The number of benzene rings is 2. The Morgan fingerprint density at radius 1 is 1.19 bits per heavy atom. The molecule has 8 nitrogen and oxygen atoms in total. The van der Waals surface area contributed by atoms with Gasteiger partial charge in [-0.15, -0.1) is 0 Å². The van der Waals surface area contributed by atoms with Crippen LogP contribution in [0, 0.1) is 5.92 Å². The quantitative estimate of drug-likeness (QED) is 0.288. The summed E-state index contributed by atoms with van der Waals surface area (Å²) in [6.07, 6.45) is -0.251. The van der Waals surface area contributed by atoms with E-state index < -0.39 is 31.7 Å². The van der Waals surface area contributed by atoms with E-state index in [-0.39, 0.29) is 29.4 Å². The van der Waals surface area contributed by atoms with Crippen molar-refractivity contribution in [3.8, 4) is 17.2 Å². The molecule has 2 aromatic carbocycles. The Morgan fingerprint density at radius 2 is 1.78 bits per heavy atom. The van der Waals surface area contributed by atoms with Gasteiger partial charge in [-0.2, -0.15) is 0 Å². The van der Waals surface area contributed by atoms with Crippen molar-refractivity contribution in [1.82, 2.24) is 5.32 Å². The van der Waals surface area contributed by atoms with Crippen LogP contribution in [0.4, 0.5) is 0 Å². The number of phenolic OH excluding ortho intramolecular Hbond substituents is 1. The zero-order valence-corrected chi connectivity index (χ0v) is 21.5. The largest absolute Gasteiger partial charge is 0.507 e. The fourth-order valence-electron chi connectivity index (χ4n) is 2.75. The molecule has 4 N–H and O–H groups in total. The molecule has 11 heteroatoms. The third-order valence-corrected chi connectivity index (χ3v) is 6.46. The minimum Gasteiger partial charge on any atom is -0.507 e. The molecule has 2 unspecified atom stereocenters. The lowest BCUT2D eigenvalue weighted by molar-refractivity contribution is -0.137. The number of hydrogen-bond donors (Lipinski definition) is 4. The maximum Gasteiger partial charge on any atom is 0.305 e. The summed E-state index contributed by atoms with van der Waals surface area (Å²) < 4.78 is 18.0. The Hall–Kier alpha value is -2.00. The molecule has 0 spiro atoms. The molecule has 0 aliphatic carbocycles. The molecular weight excluding hydrogens is 569 g/mol. The zero-order chi connectivity index (χ0) is 24.2. The fraction of sp³-hybridized carbons (Fsp3) is 0.333. The highest BCUT2D eigenvalue weighted by Gasteiger charge is 2.26. The number of hydrogen-bond acceptors (Lipinski definition) is 6. The Morgan fingerprint density at radius 3 is 2.28 bits per heavy atom. The normalized spacial score (nSPS) is 14.1. The first-order valence-corrected chi connectivity index (χ1v) is 11.9. The summed E-state index contributed by atoms with van der Waals surface area (Å²) in [5.41, 5.74) is 0.305. The van der Waals surface area contributed by atoms with E-state index in [4.69, 9.17) is 9.84 Å². The van der Waals surface area contributed by atoms with Crippen molar-refractivity contribution in [3.05, 3.63) is 50.4 Å². The van der Waals surface area contributed by atoms with E-state index in [1.54, 1.807) is 26.0 Å². The van der Waals surface area contributed by atoms with Crippen molar-refractivity contribution >= 4 is 52.2 Å². The number of phenols is 1. The Labute approximate surface area is 203 Å². The molecular formula is C21H22Br2NO7P. The molecule has 0 aliphatic rings. The predicted molar refractivity (Wildman–Crippen MR) is 126 cm³/mol. The van der Waals surface area contributed by atoms with Gasteiger partial charge < -0.3 is 25.4 Å². The molecule has 172 valence electrons. The second kappa shape index (κ2) is 10.7. The van der Waals surface area contributed by atoms with E-state index in [2.05, 4.69) is 37.2 Å². The van der Waals surface area contributed by atoms with Gasteiger partial charge in [0.25, 0.3) is 5.91 Å². The van der Waals surface area contributed by atoms with E-state index in [0.29, 0.717) is 20.3 Å². The maximum absolute atomic E-state index is 12.7. The summed E-state index contributed by atoms with van der Waals surface area (Å²) >= 11 is 6.71. The lowest BCUT2D eigenvalue weighted by atomic mass is 10.0. The van der Waals surface area contributed by atoms with Crippen LogP contribution in [0.3, 0.4) is 0 Å². The van der Waals surface area contributed by atoms with Gasteiger partial charge in [0.05, 0.1) is 20.9 Å². The molecule has 2 atom stereocenters. The lowest BCUT2D eigenvalue weighted by Gasteiger charge is -2.21. The SMILES string of the molecule is CC(C)C(CC(=O)O)NC(=O)c1cc(Oc2c(Br)cc(C(C)(O)P=O)cc2Br)ccc1O. The number of carboxylic acid groups (broad SMARTS) is 1. The van der Waals surface area contributed by atoms with Crippen molar-refractivity contribution in [1.29, 1.82) is 0 Å². The first-order valence-electron chi connectivity index (χ1n) is 9.45. The van der Waals surface area contributed by atoms with Crippen molar-refractivity contribution in [2.45, 2.75) is 38.6 Å². The topological polar surface area (TPSA) is 133 Å². The monoisotopic (exact) mass is 589 g/mol. The second-order valence-corrected chi connectivity index (χ2v) is 10.3. The van der Waals surface area contributed by atoms with E-state index in [0.717, 1.165) is 0 Å². The third kappa shape index (κ3) is 6.51. The van der Waals surface area contributed by atoms with Crippen LogP contribution in [0.25, 0.3) is 0 Å². The number of aromatic hydroxyl groups is 1. The van der Waals surface area contributed by atoms with Gasteiger partial charge in [-0.3, -0.25) is 14.2 Å². The van der Waals surface area contributed by atoms with Crippen molar-refractivity contribution in [3.63, 3.8) is 0 Å². The number of carbonyl (C=O) groups excluding carboxylic acids is 1. The Bertz CT molecular complexity index is 1020. The minimum atomic E-state index is -1.59. The summed E-state index contributed by atoms with van der Waals surface area (Å²) in [5.74, 6) is -1.53. The van der Waals surface area contributed by atoms with Gasteiger partial charge in [0.15, 0.2) is 19.6 Å². The minimum absolute atomic E-state index is 0.0736. The Balaban J connectivity index is 2.33. The molecule has 1 amide bonds. The van der Waals surface area contributed by atoms with Gasteiger partial charge in [-0.1, -0.05) is 13.8 Å². The zero-order valence-electron chi connectivity index (χ0n) is 17.4. The highest BCUT2D eigenvalue weighted by molar-refractivity contribution is 9.11. The molecule has 0 aliphatic heterocycles. The number of rotatable bonds is 9. The Kier molecular flexibility index (Phi) is 8.82. The number of nitrogens with one attached hydrogen (secondary N) is 1. The molecule has 0 saturated heterocycles. The van der Waals surface area contributed by atoms with Gasteiger partial charge in [-0.05, 0) is 80.6 Å². The van der Waals surface area contributed by atoms with Crippen LogP contribution in [0.5, 0.6) is 17.2 Å². The van der Waals surface area contributed by atoms with E-state index >= 15 is 0 Å². The van der Waals surface area contributed by atoms with E-state index in [9.17, 15) is 24.4 Å². The fourth-order valence-corrected chi connectivity index (χ4v) is 4.33. The molecule has 2 rings (SSSR count). The van der Waals surface area contributed by atoms with Crippen LogP contribution < -0.4 is 10.1 Å². The number of aliphatic carboxylic acids is 1. The van der Waals surface area contributed by atoms with Gasteiger partial charge in [0, 0.05) is 6.04 Å². The molecule has 0 fully saturated rings. The molecule has 0 heterocycles. The first-order chi connectivity index (χ1) is 14.9. The average molecular weight is 591 g/mol. The average Bonchev–Trinajstić information content (AvgIpc) is 2.70. The van der Waals surface area contributed by atoms with Crippen LogP contribution in [0.2, 0.25) is 0 Å². The molecule has 0 aromatic heterocycles. The van der Waals surface area contributed by atoms with Crippen LogP contribution in [-0.2, 0) is 14.7 Å². The smallest absolute Gasteiger partial charge is 0.305 e. The number of carbonyl (C=O) groups is 2. The summed E-state index contributed by atoms with van der Waals surface area (Å²) in [4.78, 5) is 23.8. The lowest BCUT2D eigenvalue weighted by Crippen LogP contribution is -2.40. The highest BCUT2D eigenvalue weighted by atomic mass is 79.9. The predicted octanol–water partition coefficient (Wildman–Crippen LogP) is 5.40. The molecule has 2 aromatic rings. The number of ether oxygens (including phenoxy) is 1. The molecule has 0 saturated carbocycles. The van der Waals surface area contributed by atoms with Crippen molar-refractivity contribution < 1.29 is 34.2 Å². The standard InChI is InChI=1S/C21H22Br2NO7P/c1-10(2)16(9-18(26)27)24-20(28)13-8-12(4-5-17(13)25)31-19-14(22)6-11(7-15(19)23)21(3,29)32-30/h4-8,10,16,25,29H,9H2,1-3H3,(H,24,28)(H,26,27). The van der Waals surface area contributed by atoms with Gasteiger partial charge in [0.1, 0.15) is 11.5 Å². The number of aliphatic hydroxyl groups is 1. The van der Waals surface area contributed by atoms with E-state index in [1.165, 1.54) is 25.1 Å². The molecule has 32 heavy (non-hydrogen) atoms.